The number of aromatic nitrogens is 4. The van der Waals surface area contributed by atoms with E-state index in [-0.39, 0.29) is 5.92 Å². The van der Waals surface area contributed by atoms with Crippen molar-refractivity contribution >= 4 is 76.1 Å². The molecule has 1 aliphatic rings. The number of nitrogens with zero attached hydrogens (tertiary/aromatic N) is 4. The molecule has 1 atom stereocenters. The van der Waals surface area contributed by atoms with E-state index in [1.807, 2.05) is 18.2 Å². The topological polar surface area (TPSA) is 56.7 Å². The van der Waals surface area contributed by atoms with Crippen molar-refractivity contribution in [3.8, 4) is 39.9 Å². The van der Waals surface area contributed by atoms with Gasteiger partial charge in [0, 0.05) is 55.9 Å². The zero-order chi connectivity index (χ0) is 40.7. The fraction of sp³-hybridized carbons (Fsp3) is 0.0351. The third kappa shape index (κ3) is 5.52. The van der Waals surface area contributed by atoms with Gasteiger partial charge >= 0.3 is 0 Å². The molecule has 3 aromatic heterocycles. The third-order valence-electron chi connectivity index (χ3n) is 12.7. The van der Waals surface area contributed by atoms with Gasteiger partial charge in [-0.05, 0) is 92.8 Å². The van der Waals surface area contributed by atoms with Gasteiger partial charge in [-0.1, -0.05) is 146 Å². The Balaban J connectivity index is 0.957. The van der Waals surface area contributed by atoms with Crippen LogP contribution in [0.25, 0.3) is 116 Å². The molecule has 13 rings (SSSR count). The second kappa shape index (κ2) is 13.7. The lowest BCUT2D eigenvalue weighted by Crippen LogP contribution is -2.04. The summed E-state index contributed by atoms with van der Waals surface area (Å²) in [5.74, 6) is 2.21. The molecule has 0 amide bonds. The molecule has 0 saturated heterocycles. The summed E-state index contributed by atoms with van der Waals surface area (Å²) in [6, 6.07) is 62.7. The van der Waals surface area contributed by atoms with Crippen molar-refractivity contribution in [2.75, 3.05) is 0 Å². The Labute approximate surface area is 356 Å². The van der Waals surface area contributed by atoms with Crippen molar-refractivity contribution in [1.29, 1.82) is 0 Å². The quantitative estimate of drug-likeness (QED) is 0.174. The summed E-state index contributed by atoms with van der Waals surface area (Å²) in [4.78, 5) is 15.4. The Bertz CT molecular complexity index is 3760. The van der Waals surface area contributed by atoms with Gasteiger partial charge in [-0.3, -0.25) is 0 Å². The number of fused-ring (bicyclic) bond motifs is 10. The Morgan fingerprint density at radius 3 is 1.82 bits per heavy atom. The molecule has 290 valence electrons. The summed E-state index contributed by atoms with van der Waals surface area (Å²) in [5.41, 5.74) is 9.22. The summed E-state index contributed by atoms with van der Waals surface area (Å²) >= 11 is 0. The van der Waals surface area contributed by atoms with Crippen LogP contribution in [0.2, 0.25) is 0 Å². The van der Waals surface area contributed by atoms with E-state index in [1.165, 1.54) is 48.9 Å². The number of furan rings is 1. The Morgan fingerprint density at radius 2 is 1.10 bits per heavy atom. The van der Waals surface area contributed by atoms with Gasteiger partial charge in [0.05, 0.1) is 11.0 Å². The molecule has 0 bridgehead atoms. The van der Waals surface area contributed by atoms with Crippen LogP contribution in [0.5, 0.6) is 0 Å². The van der Waals surface area contributed by atoms with Crippen molar-refractivity contribution in [3.05, 3.63) is 206 Å². The van der Waals surface area contributed by atoms with Crippen LogP contribution >= 0.6 is 0 Å². The first-order chi connectivity index (χ1) is 30.7. The van der Waals surface area contributed by atoms with Crippen molar-refractivity contribution in [3.63, 3.8) is 0 Å². The number of benzene rings is 9. The molecule has 0 N–H and O–H groups in total. The summed E-state index contributed by atoms with van der Waals surface area (Å²) < 4.78 is 9.11. The van der Waals surface area contributed by atoms with Crippen LogP contribution in [0.4, 0.5) is 0 Å². The van der Waals surface area contributed by atoms with Gasteiger partial charge in [0.1, 0.15) is 11.2 Å². The molecule has 62 heavy (non-hydrogen) atoms. The SMILES string of the molecule is C1=CCC(c2ccccc2-c2nc(-c3ccccc3)nc(-c3ccc4c(ccc5oc6cc(-n7c8cc9ccccc9cc8c8cc9ccccc9cc87)ccc6c54)c3)n2)C=C1. The predicted molar refractivity (Wildman–Crippen MR) is 256 cm³/mol. The van der Waals surface area contributed by atoms with Gasteiger partial charge in [-0.2, -0.15) is 0 Å². The van der Waals surface area contributed by atoms with Gasteiger partial charge in [0.15, 0.2) is 17.5 Å². The van der Waals surface area contributed by atoms with Gasteiger partial charge in [-0.25, -0.2) is 15.0 Å². The lowest BCUT2D eigenvalue weighted by molar-refractivity contribution is 0.669. The van der Waals surface area contributed by atoms with Crippen LogP contribution < -0.4 is 0 Å². The highest BCUT2D eigenvalue weighted by Gasteiger charge is 2.21. The van der Waals surface area contributed by atoms with Crippen LogP contribution in [0.15, 0.2) is 205 Å². The molecule has 0 aliphatic heterocycles. The molecule has 1 unspecified atom stereocenters. The van der Waals surface area contributed by atoms with E-state index in [2.05, 4.69) is 187 Å². The lowest BCUT2D eigenvalue weighted by Gasteiger charge is -2.18. The molecule has 3 heterocycles. The molecule has 5 nitrogen and oxygen atoms in total. The van der Waals surface area contributed by atoms with Crippen molar-refractivity contribution in [1.82, 2.24) is 19.5 Å². The largest absolute Gasteiger partial charge is 0.456 e. The first-order valence-electron chi connectivity index (χ1n) is 21.2. The summed E-state index contributed by atoms with van der Waals surface area (Å²) in [5, 5.41) is 11.8. The second-order valence-corrected chi connectivity index (χ2v) is 16.3. The smallest absolute Gasteiger partial charge is 0.164 e. The first kappa shape index (κ1) is 34.7. The van der Waals surface area contributed by atoms with Gasteiger partial charge in [-0.15, -0.1) is 0 Å². The van der Waals surface area contributed by atoms with Crippen LogP contribution in [0.3, 0.4) is 0 Å². The minimum atomic E-state index is 0.253. The molecule has 0 spiro atoms. The molecular formula is C57H36N4O. The zero-order valence-corrected chi connectivity index (χ0v) is 33.5. The highest BCUT2D eigenvalue weighted by molar-refractivity contribution is 6.20. The number of hydrogen-bond donors (Lipinski definition) is 0. The zero-order valence-electron chi connectivity index (χ0n) is 33.5. The Morgan fingerprint density at radius 1 is 0.452 bits per heavy atom. The van der Waals surface area contributed by atoms with Gasteiger partial charge in [0.25, 0.3) is 0 Å². The Hall–Kier alpha value is -8.15. The Kier molecular flexibility index (Phi) is 7.66. The standard InChI is InChI=1S/C57H36N4O/c1-3-13-35(14-4-1)44-21-11-12-22-46(44)57-59-55(36-15-5-2-6-16-36)58-56(60-57)42-23-26-45-41(29-42)24-28-52-54(45)47-27-25-43(34-53(47)62-52)61-50-32-39-19-9-7-17-37(39)30-48(50)49-31-38-18-8-10-20-40(38)33-51(49)61/h1-13,15-35H,14H2. The van der Waals surface area contributed by atoms with E-state index < -0.39 is 0 Å². The van der Waals surface area contributed by atoms with E-state index >= 15 is 0 Å². The van der Waals surface area contributed by atoms with Crippen molar-refractivity contribution in [2.45, 2.75) is 12.3 Å². The number of rotatable bonds is 5. The molecule has 0 saturated carbocycles. The lowest BCUT2D eigenvalue weighted by atomic mass is 9.89. The van der Waals surface area contributed by atoms with Crippen molar-refractivity contribution < 1.29 is 4.42 Å². The predicted octanol–water partition coefficient (Wildman–Crippen LogP) is 14.9. The van der Waals surface area contributed by atoms with Crippen LogP contribution in [-0.4, -0.2) is 19.5 Å². The molecule has 9 aromatic carbocycles. The van der Waals surface area contributed by atoms with Crippen LogP contribution in [0.1, 0.15) is 17.9 Å². The summed E-state index contributed by atoms with van der Waals surface area (Å²) in [7, 11) is 0. The van der Waals surface area contributed by atoms with Gasteiger partial charge in [0.2, 0.25) is 0 Å². The van der Waals surface area contributed by atoms with Gasteiger partial charge < -0.3 is 8.98 Å². The van der Waals surface area contributed by atoms with Crippen LogP contribution in [0, 0.1) is 0 Å². The monoisotopic (exact) mass is 792 g/mol. The molecule has 0 radical (unpaired) electrons. The first-order valence-corrected chi connectivity index (χ1v) is 21.2. The minimum absolute atomic E-state index is 0.253. The maximum Gasteiger partial charge on any atom is 0.164 e. The number of hydrogen-bond acceptors (Lipinski definition) is 4. The molecular weight excluding hydrogens is 757 g/mol. The molecule has 5 heteroatoms. The number of allylic oxidation sites excluding steroid dienone is 4. The maximum atomic E-state index is 6.71. The highest BCUT2D eigenvalue weighted by Crippen LogP contribution is 2.41. The van der Waals surface area contributed by atoms with Crippen molar-refractivity contribution in [2.24, 2.45) is 0 Å². The fourth-order valence-corrected chi connectivity index (χ4v) is 9.71. The summed E-state index contributed by atoms with van der Waals surface area (Å²) in [6.45, 7) is 0. The summed E-state index contributed by atoms with van der Waals surface area (Å²) in [6.07, 6.45) is 9.66. The highest BCUT2D eigenvalue weighted by atomic mass is 16.3. The fourth-order valence-electron chi connectivity index (χ4n) is 9.71. The van der Waals surface area contributed by atoms with Crippen LogP contribution in [-0.2, 0) is 0 Å². The molecule has 12 aromatic rings. The minimum Gasteiger partial charge on any atom is -0.456 e. The third-order valence-corrected chi connectivity index (χ3v) is 12.7. The van der Waals surface area contributed by atoms with E-state index in [4.69, 9.17) is 19.4 Å². The average molecular weight is 793 g/mol. The van der Waals surface area contributed by atoms with E-state index in [1.54, 1.807) is 0 Å². The van der Waals surface area contributed by atoms with E-state index in [0.717, 1.165) is 61.5 Å². The average Bonchev–Trinajstić information content (AvgIpc) is 3.87. The molecule has 1 aliphatic carbocycles. The maximum absolute atomic E-state index is 6.71. The molecule has 0 fully saturated rings. The van der Waals surface area contributed by atoms with E-state index in [9.17, 15) is 0 Å². The normalized spacial score (nSPS) is 14.1. The van der Waals surface area contributed by atoms with E-state index in [0.29, 0.717) is 17.5 Å². The second-order valence-electron chi connectivity index (χ2n) is 16.3.